The van der Waals surface area contributed by atoms with Crippen molar-refractivity contribution in [3.05, 3.63) is 23.2 Å². The zero-order chi connectivity index (χ0) is 21.2. The molecule has 1 aromatic heterocycles. The molecule has 1 fully saturated rings. The average Bonchev–Trinajstić information content (AvgIpc) is 3.03. The molecule has 1 aromatic rings. The molecular formula is C22H38N3O4+. The van der Waals surface area contributed by atoms with Crippen molar-refractivity contribution < 1.29 is 23.6 Å². The molecule has 1 aliphatic rings. The second-order valence-corrected chi connectivity index (χ2v) is 8.37. The molecule has 7 nitrogen and oxygen atoms in total. The highest BCUT2D eigenvalue weighted by atomic mass is 16.5. The molecule has 0 bridgehead atoms. The van der Waals surface area contributed by atoms with Crippen molar-refractivity contribution in [3.8, 4) is 0 Å². The topological polar surface area (TPSA) is 76.2 Å². The fourth-order valence-corrected chi connectivity index (χ4v) is 3.54. The van der Waals surface area contributed by atoms with Gasteiger partial charge in [-0.2, -0.15) is 0 Å². The first-order valence-corrected chi connectivity index (χ1v) is 10.9. The van der Waals surface area contributed by atoms with Gasteiger partial charge in [0, 0.05) is 32.5 Å². The average molecular weight is 409 g/mol. The second-order valence-electron chi connectivity index (χ2n) is 8.37. The molecule has 0 unspecified atom stereocenters. The van der Waals surface area contributed by atoms with Gasteiger partial charge in [0.1, 0.15) is 24.6 Å². The lowest BCUT2D eigenvalue weighted by Gasteiger charge is -2.24. The summed E-state index contributed by atoms with van der Waals surface area (Å²) in [5.74, 6) is 1.81. The molecule has 1 aliphatic heterocycles. The highest BCUT2D eigenvalue weighted by molar-refractivity contribution is 5.95. The zero-order valence-electron chi connectivity index (χ0n) is 18.5. The van der Waals surface area contributed by atoms with E-state index in [-0.39, 0.29) is 11.8 Å². The molecule has 0 atom stereocenters. The van der Waals surface area contributed by atoms with Crippen LogP contribution in [-0.4, -0.2) is 69.2 Å². The summed E-state index contributed by atoms with van der Waals surface area (Å²) in [6, 6.07) is 1.79. The van der Waals surface area contributed by atoms with E-state index in [2.05, 4.69) is 19.2 Å². The van der Waals surface area contributed by atoms with Crippen LogP contribution in [-0.2, 0) is 9.53 Å². The van der Waals surface area contributed by atoms with Crippen LogP contribution in [0.25, 0.3) is 0 Å². The first-order chi connectivity index (χ1) is 13.9. The smallest absolute Gasteiger partial charge is 0.257 e. The van der Waals surface area contributed by atoms with Gasteiger partial charge < -0.3 is 24.3 Å². The summed E-state index contributed by atoms with van der Waals surface area (Å²) >= 11 is 0. The third-order valence-electron chi connectivity index (χ3n) is 5.37. The number of aryl methyl sites for hydroxylation is 2. The van der Waals surface area contributed by atoms with Gasteiger partial charge in [-0.25, -0.2) is 0 Å². The van der Waals surface area contributed by atoms with E-state index in [0.717, 1.165) is 51.4 Å². The van der Waals surface area contributed by atoms with Gasteiger partial charge in [-0.3, -0.25) is 9.59 Å². The van der Waals surface area contributed by atoms with Crippen LogP contribution >= 0.6 is 0 Å². The van der Waals surface area contributed by atoms with Crippen molar-refractivity contribution >= 4 is 11.8 Å². The largest absolute Gasteiger partial charge is 0.466 e. The lowest BCUT2D eigenvalue weighted by atomic mass is 10.1. The maximum Gasteiger partial charge on any atom is 0.257 e. The minimum absolute atomic E-state index is 0.00409. The Bertz CT molecular complexity index is 650. The number of amides is 2. The molecule has 164 valence electrons. The Morgan fingerprint density at radius 2 is 1.93 bits per heavy atom. The number of carbonyl (C=O) groups excluding carboxylic acids is 2. The van der Waals surface area contributed by atoms with Gasteiger partial charge in [0.2, 0.25) is 5.91 Å². The Hall–Kier alpha value is -1.86. The van der Waals surface area contributed by atoms with E-state index in [4.69, 9.17) is 9.15 Å². The highest BCUT2D eigenvalue weighted by Crippen LogP contribution is 2.17. The molecule has 2 heterocycles. The van der Waals surface area contributed by atoms with E-state index in [0.29, 0.717) is 43.3 Å². The summed E-state index contributed by atoms with van der Waals surface area (Å²) in [4.78, 5) is 28.6. The van der Waals surface area contributed by atoms with Crippen molar-refractivity contribution in [1.82, 2.24) is 10.2 Å². The molecule has 2 N–H and O–H groups in total. The standard InChI is InChI=1S/C22H37N3O4/c1-17(2)6-10-25(22(27)20-16-18(3)29-19(20)4)11-7-21(26)23-8-5-9-24-12-14-28-15-13-24/h16-17H,5-15H2,1-4H3,(H,23,26)/p+1. The normalized spacial score (nSPS) is 14.9. The summed E-state index contributed by atoms with van der Waals surface area (Å²) in [5.41, 5.74) is 0.597. The lowest BCUT2D eigenvalue weighted by molar-refractivity contribution is -0.908. The van der Waals surface area contributed by atoms with Crippen LogP contribution in [0.3, 0.4) is 0 Å². The molecule has 2 amide bonds. The lowest BCUT2D eigenvalue weighted by Crippen LogP contribution is -3.14. The van der Waals surface area contributed by atoms with Crippen LogP contribution < -0.4 is 10.2 Å². The first kappa shape index (κ1) is 23.4. The first-order valence-electron chi connectivity index (χ1n) is 10.9. The van der Waals surface area contributed by atoms with Gasteiger partial charge in [-0.05, 0) is 32.3 Å². The molecule has 7 heteroatoms. The van der Waals surface area contributed by atoms with Crippen molar-refractivity contribution in [3.63, 3.8) is 0 Å². The van der Waals surface area contributed by atoms with Gasteiger partial charge in [0.15, 0.2) is 0 Å². The molecule has 0 radical (unpaired) electrons. The minimum atomic E-state index is -0.0521. The molecule has 0 aliphatic carbocycles. The summed E-state index contributed by atoms with van der Waals surface area (Å²) in [6.07, 6.45) is 2.19. The number of hydrogen-bond acceptors (Lipinski definition) is 4. The van der Waals surface area contributed by atoms with Gasteiger partial charge in [0.05, 0.1) is 25.3 Å². The number of nitrogens with one attached hydrogen (secondary N) is 2. The van der Waals surface area contributed by atoms with Crippen molar-refractivity contribution in [1.29, 1.82) is 0 Å². The van der Waals surface area contributed by atoms with Gasteiger partial charge >= 0.3 is 0 Å². The van der Waals surface area contributed by atoms with Crippen LogP contribution in [0.5, 0.6) is 0 Å². The fourth-order valence-electron chi connectivity index (χ4n) is 3.54. The Morgan fingerprint density at radius 1 is 1.21 bits per heavy atom. The van der Waals surface area contributed by atoms with Gasteiger partial charge in [0.25, 0.3) is 5.91 Å². The minimum Gasteiger partial charge on any atom is -0.466 e. The van der Waals surface area contributed by atoms with E-state index < -0.39 is 0 Å². The molecule has 29 heavy (non-hydrogen) atoms. The van der Waals surface area contributed by atoms with Gasteiger partial charge in [-0.1, -0.05) is 13.8 Å². The van der Waals surface area contributed by atoms with Crippen molar-refractivity contribution in [2.45, 2.75) is 47.0 Å². The maximum absolute atomic E-state index is 13.0. The predicted octanol–water partition coefficient (Wildman–Crippen LogP) is 1.20. The van der Waals surface area contributed by atoms with Gasteiger partial charge in [-0.15, -0.1) is 0 Å². The quantitative estimate of drug-likeness (QED) is 0.540. The Kier molecular flexibility index (Phi) is 9.67. The van der Waals surface area contributed by atoms with Crippen molar-refractivity contribution in [2.75, 3.05) is 52.5 Å². The molecule has 2 rings (SSSR count). The number of quaternary nitrogens is 1. The number of ether oxygens (including phenoxy) is 1. The third-order valence-corrected chi connectivity index (χ3v) is 5.37. The fraction of sp³-hybridized carbons (Fsp3) is 0.727. The number of carbonyl (C=O) groups is 2. The third kappa shape index (κ3) is 8.19. The highest BCUT2D eigenvalue weighted by Gasteiger charge is 2.21. The van der Waals surface area contributed by atoms with E-state index in [1.165, 1.54) is 0 Å². The maximum atomic E-state index is 13.0. The number of hydrogen-bond donors (Lipinski definition) is 2. The molecule has 1 saturated heterocycles. The number of furan rings is 1. The van der Waals surface area contributed by atoms with E-state index in [9.17, 15) is 9.59 Å². The Labute approximate surface area is 174 Å². The zero-order valence-corrected chi connectivity index (χ0v) is 18.5. The van der Waals surface area contributed by atoms with Crippen LogP contribution in [0.15, 0.2) is 10.5 Å². The molecular weight excluding hydrogens is 370 g/mol. The summed E-state index contributed by atoms with van der Waals surface area (Å²) < 4.78 is 10.9. The van der Waals surface area contributed by atoms with E-state index in [1.54, 1.807) is 15.9 Å². The molecule has 0 saturated carbocycles. The number of morpholine rings is 1. The van der Waals surface area contributed by atoms with Crippen LogP contribution in [0.2, 0.25) is 0 Å². The van der Waals surface area contributed by atoms with E-state index in [1.807, 2.05) is 13.8 Å². The SMILES string of the molecule is Cc1cc(C(=O)N(CCC(=O)NCCC[NH+]2CCOCC2)CCC(C)C)c(C)o1. The van der Waals surface area contributed by atoms with E-state index >= 15 is 0 Å². The van der Waals surface area contributed by atoms with Crippen molar-refractivity contribution in [2.24, 2.45) is 5.92 Å². The van der Waals surface area contributed by atoms with Crippen LogP contribution in [0, 0.1) is 19.8 Å². The second kappa shape index (κ2) is 12.0. The summed E-state index contributed by atoms with van der Waals surface area (Å²) in [6.45, 7) is 14.5. The molecule has 0 spiro atoms. The van der Waals surface area contributed by atoms with Crippen LogP contribution in [0.4, 0.5) is 0 Å². The Morgan fingerprint density at radius 3 is 2.55 bits per heavy atom. The summed E-state index contributed by atoms with van der Waals surface area (Å²) in [5, 5.41) is 3.00. The monoisotopic (exact) mass is 408 g/mol. The Balaban J connectivity index is 1.77. The molecule has 0 aromatic carbocycles. The summed E-state index contributed by atoms with van der Waals surface area (Å²) in [7, 11) is 0. The number of nitrogens with zero attached hydrogens (tertiary/aromatic N) is 1. The van der Waals surface area contributed by atoms with Crippen LogP contribution in [0.1, 0.15) is 55.0 Å². The number of rotatable bonds is 11. The predicted molar refractivity (Wildman–Crippen MR) is 112 cm³/mol.